The topological polar surface area (TPSA) is 32.5 Å². The van der Waals surface area contributed by atoms with Crippen molar-refractivity contribution in [3.63, 3.8) is 0 Å². The molecule has 0 spiro atoms. The second kappa shape index (κ2) is 5.43. The molecule has 0 aromatic carbocycles. The smallest absolute Gasteiger partial charge is 0.0928 e. The lowest BCUT2D eigenvalue weighted by atomic mass is 10.0. The number of piperazine rings is 1. The molecule has 0 amide bonds. The van der Waals surface area contributed by atoms with E-state index < -0.39 is 0 Å². The van der Waals surface area contributed by atoms with E-state index in [0.29, 0.717) is 11.0 Å². The van der Waals surface area contributed by atoms with E-state index in [2.05, 4.69) is 37.5 Å². The van der Waals surface area contributed by atoms with Crippen LogP contribution in [0.1, 0.15) is 34.1 Å². The summed E-state index contributed by atoms with van der Waals surface area (Å²) in [6, 6.07) is 0.690. The van der Waals surface area contributed by atoms with Gasteiger partial charge in [0.15, 0.2) is 0 Å². The Hall–Kier alpha value is -0.190. The van der Waals surface area contributed by atoms with E-state index in [0.717, 1.165) is 26.2 Å². The number of thiocarbonyl (C=S) groups is 1. The molecule has 1 aliphatic heterocycles. The Morgan fingerprint density at radius 3 is 2.19 bits per heavy atom. The Labute approximate surface area is 105 Å². The maximum Gasteiger partial charge on any atom is 0.0928 e. The van der Waals surface area contributed by atoms with Gasteiger partial charge in [-0.05, 0) is 27.2 Å². The minimum Gasteiger partial charge on any atom is -0.392 e. The highest BCUT2D eigenvalue weighted by Gasteiger charge is 2.32. The molecule has 0 aromatic rings. The molecule has 1 heterocycles. The van der Waals surface area contributed by atoms with Crippen LogP contribution < -0.4 is 5.73 Å². The Balaban J connectivity index is 2.52. The zero-order chi connectivity index (χ0) is 12.3. The molecule has 0 aromatic heterocycles. The summed E-state index contributed by atoms with van der Waals surface area (Å²) in [7, 11) is 0. The summed E-state index contributed by atoms with van der Waals surface area (Å²) in [5, 5.41) is 0. The highest BCUT2D eigenvalue weighted by atomic mass is 32.1. The average Bonchev–Trinajstić information content (AvgIpc) is 2.28. The van der Waals surface area contributed by atoms with Gasteiger partial charge in [-0.25, -0.2) is 0 Å². The van der Waals surface area contributed by atoms with E-state index in [1.807, 2.05) is 0 Å². The summed E-state index contributed by atoms with van der Waals surface area (Å²) in [6.07, 6.45) is 1.22. The largest absolute Gasteiger partial charge is 0.392 e. The molecule has 0 saturated carbocycles. The first-order valence-electron chi connectivity index (χ1n) is 6.18. The standard InChI is InChI=1S/C12H25N3S/c1-5-10(2)14-6-8-15(9-7-14)12(3,4)11(13)16/h10H,5-9H2,1-4H3,(H2,13,16). The number of rotatable bonds is 4. The summed E-state index contributed by atoms with van der Waals surface area (Å²) in [4.78, 5) is 5.55. The van der Waals surface area contributed by atoms with Crippen LogP contribution in [0.25, 0.3) is 0 Å². The van der Waals surface area contributed by atoms with Crippen molar-refractivity contribution in [2.75, 3.05) is 26.2 Å². The van der Waals surface area contributed by atoms with Crippen LogP contribution in [0.2, 0.25) is 0 Å². The third kappa shape index (κ3) is 2.93. The summed E-state index contributed by atoms with van der Waals surface area (Å²) >= 11 is 5.14. The Morgan fingerprint density at radius 2 is 1.81 bits per heavy atom. The molecule has 4 heteroatoms. The first kappa shape index (κ1) is 13.9. The van der Waals surface area contributed by atoms with Crippen LogP contribution in [0.5, 0.6) is 0 Å². The summed E-state index contributed by atoms with van der Waals surface area (Å²) in [5.41, 5.74) is 5.66. The first-order chi connectivity index (χ1) is 7.39. The fraction of sp³-hybridized carbons (Fsp3) is 0.917. The van der Waals surface area contributed by atoms with Crippen molar-refractivity contribution in [3.05, 3.63) is 0 Å². The molecule has 0 radical (unpaired) electrons. The molecule has 0 bridgehead atoms. The second-order valence-corrected chi connectivity index (χ2v) is 5.64. The van der Waals surface area contributed by atoms with Gasteiger partial charge < -0.3 is 5.73 Å². The first-order valence-corrected chi connectivity index (χ1v) is 6.59. The zero-order valence-electron chi connectivity index (χ0n) is 11.0. The van der Waals surface area contributed by atoms with Crippen LogP contribution in [0.4, 0.5) is 0 Å². The highest BCUT2D eigenvalue weighted by molar-refractivity contribution is 7.80. The monoisotopic (exact) mass is 243 g/mol. The predicted octanol–water partition coefficient (Wildman–Crippen LogP) is 1.47. The van der Waals surface area contributed by atoms with Crippen molar-refractivity contribution in [2.24, 2.45) is 5.73 Å². The summed E-state index contributed by atoms with van der Waals surface area (Å²) in [5.74, 6) is 0. The van der Waals surface area contributed by atoms with Crippen molar-refractivity contribution < 1.29 is 0 Å². The van der Waals surface area contributed by atoms with Crippen molar-refractivity contribution in [1.82, 2.24) is 9.80 Å². The van der Waals surface area contributed by atoms with Crippen LogP contribution in [0.15, 0.2) is 0 Å². The highest BCUT2D eigenvalue weighted by Crippen LogP contribution is 2.18. The number of nitrogens with two attached hydrogens (primary N) is 1. The fourth-order valence-corrected chi connectivity index (χ4v) is 2.26. The van der Waals surface area contributed by atoms with Gasteiger partial charge in [0.05, 0.1) is 10.5 Å². The maximum absolute atomic E-state index is 5.80. The Kier molecular flexibility index (Phi) is 4.71. The van der Waals surface area contributed by atoms with Gasteiger partial charge in [-0.1, -0.05) is 19.1 Å². The van der Waals surface area contributed by atoms with Crippen molar-refractivity contribution >= 4 is 17.2 Å². The third-order valence-electron chi connectivity index (χ3n) is 3.92. The average molecular weight is 243 g/mol. The van der Waals surface area contributed by atoms with E-state index >= 15 is 0 Å². The lowest BCUT2D eigenvalue weighted by molar-refractivity contribution is 0.0644. The molecule has 3 nitrogen and oxygen atoms in total. The van der Waals surface area contributed by atoms with Gasteiger partial charge >= 0.3 is 0 Å². The van der Waals surface area contributed by atoms with Crippen LogP contribution in [0, 0.1) is 0 Å². The number of nitrogens with zero attached hydrogens (tertiary/aromatic N) is 2. The fourth-order valence-electron chi connectivity index (χ4n) is 2.14. The van der Waals surface area contributed by atoms with Crippen molar-refractivity contribution in [1.29, 1.82) is 0 Å². The van der Waals surface area contributed by atoms with Crippen molar-refractivity contribution in [2.45, 2.75) is 45.7 Å². The summed E-state index contributed by atoms with van der Waals surface area (Å²) < 4.78 is 0. The van der Waals surface area contributed by atoms with Gasteiger partial charge in [-0.3, -0.25) is 9.80 Å². The molecule has 1 aliphatic rings. The SMILES string of the molecule is CCC(C)N1CCN(C(C)(C)C(N)=S)CC1. The lowest BCUT2D eigenvalue weighted by Crippen LogP contribution is -2.60. The molecule has 1 atom stereocenters. The van der Waals surface area contributed by atoms with Crippen molar-refractivity contribution in [3.8, 4) is 0 Å². The van der Waals surface area contributed by atoms with E-state index in [9.17, 15) is 0 Å². The van der Waals surface area contributed by atoms with E-state index in [-0.39, 0.29) is 5.54 Å². The molecular weight excluding hydrogens is 218 g/mol. The quantitative estimate of drug-likeness (QED) is 0.758. The second-order valence-electron chi connectivity index (χ2n) is 5.20. The van der Waals surface area contributed by atoms with Gasteiger partial charge in [0.2, 0.25) is 0 Å². The van der Waals surface area contributed by atoms with E-state index in [1.165, 1.54) is 6.42 Å². The van der Waals surface area contributed by atoms with E-state index in [4.69, 9.17) is 18.0 Å². The zero-order valence-corrected chi connectivity index (χ0v) is 11.8. The predicted molar refractivity (Wildman–Crippen MR) is 73.8 cm³/mol. The molecule has 2 N–H and O–H groups in total. The maximum atomic E-state index is 5.80. The van der Waals surface area contributed by atoms with Gasteiger partial charge in [0.1, 0.15) is 0 Å². The molecule has 1 unspecified atom stereocenters. The molecule has 94 valence electrons. The molecule has 1 saturated heterocycles. The normalized spacial score (nSPS) is 22.0. The van der Waals surface area contributed by atoms with Crippen LogP contribution in [0.3, 0.4) is 0 Å². The number of hydrogen-bond acceptors (Lipinski definition) is 3. The van der Waals surface area contributed by atoms with Crippen LogP contribution >= 0.6 is 12.2 Å². The molecule has 1 fully saturated rings. The van der Waals surface area contributed by atoms with Gasteiger partial charge in [0, 0.05) is 32.2 Å². The third-order valence-corrected chi connectivity index (χ3v) is 4.42. The molecule has 0 aliphatic carbocycles. The molecule has 1 rings (SSSR count). The van der Waals surface area contributed by atoms with Gasteiger partial charge in [-0.2, -0.15) is 0 Å². The van der Waals surface area contributed by atoms with Gasteiger partial charge in [-0.15, -0.1) is 0 Å². The summed E-state index contributed by atoms with van der Waals surface area (Å²) in [6.45, 7) is 13.2. The Bertz CT molecular complexity index is 245. The van der Waals surface area contributed by atoms with E-state index in [1.54, 1.807) is 0 Å². The number of hydrogen-bond donors (Lipinski definition) is 1. The van der Waals surface area contributed by atoms with Gasteiger partial charge in [0.25, 0.3) is 0 Å². The van der Waals surface area contributed by atoms with Crippen LogP contribution in [-0.2, 0) is 0 Å². The minimum atomic E-state index is -0.142. The lowest BCUT2D eigenvalue weighted by Gasteiger charge is -2.44. The molecular formula is C12H25N3S. The minimum absolute atomic E-state index is 0.142. The van der Waals surface area contributed by atoms with Crippen LogP contribution in [-0.4, -0.2) is 52.5 Å². The molecule has 16 heavy (non-hydrogen) atoms. The Morgan fingerprint density at radius 1 is 1.31 bits per heavy atom.